The van der Waals surface area contributed by atoms with Crippen LogP contribution in [0.15, 0.2) is 152 Å². The maximum Gasteiger partial charge on any atom is 0.331 e. The number of aldehydes is 1. The number of carboxylic acid groups (broad SMARTS) is 2. The number of hydrogen-bond donors (Lipinski definition) is 8. The van der Waals surface area contributed by atoms with Crippen LogP contribution >= 0.6 is 0 Å². The SMILES string of the molecule is CC(C)(C)OC(=O)[C@@H]1CCCN2C(=O)CC[C@H](NC(=O)C(=O)c3ccccc3)C(=O)N12.O=C(N[C@H]1CCC(=O)N2CCC[C@@H](C(=O)O)N2C1=O)C(=O)c1ccccc1.O=C1C[C@H](NC(=O)[C@@H]2CCCN3C(=O)CC[C@H](NC(=O)C(=O)c4ccccc4)C(=O)N23)C(OCc2ccccc2)O1.O=C[C@H](CC(=O)O)NC(=O)[C@@H]1CCCN2C(=O)CC[C@H](NC(=O)C(=O)c3ccccc3)C(=O)N12. The van der Waals surface area contributed by atoms with Gasteiger partial charge in [0.2, 0.25) is 64.9 Å². The van der Waals surface area contributed by atoms with E-state index >= 15 is 0 Å². The minimum Gasteiger partial charge on any atom is -0.481 e. The largest absolute Gasteiger partial charge is 0.481 e. The van der Waals surface area contributed by atoms with E-state index in [1.165, 1.54) is 58.5 Å². The third-order valence-electron chi connectivity index (χ3n) is 22.6. The molecule has 42 nitrogen and oxygen atoms in total. The number of carbonyl (C=O) groups is 23. The molecule has 9 fully saturated rings. The second kappa shape index (κ2) is 44.9. The average Bonchev–Trinajstić information content (AvgIpc) is 1.70. The molecule has 0 aliphatic carbocycles. The van der Waals surface area contributed by atoms with Crippen LogP contribution in [0.4, 0.5) is 0 Å². The number of amides is 14. The maximum absolute atomic E-state index is 13.7. The number of ketones is 4. The molecule has 9 saturated heterocycles. The Labute approximate surface area is 760 Å². The van der Waals surface area contributed by atoms with Gasteiger partial charge in [-0.05, 0) is 103 Å². The Bertz CT molecular complexity index is 5310. The molecule has 42 heteroatoms. The van der Waals surface area contributed by atoms with Gasteiger partial charge in [0, 0.05) is 74.1 Å². The summed E-state index contributed by atoms with van der Waals surface area (Å²) < 4.78 is 16.5. The van der Waals surface area contributed by atoms with Gasteiger partial charge < -0.3 is 61.1 Å². The van der Waals surface area contributed by atoms with Gasteiger partial charge in [-0.25, -0.2) is 29.6 Å². The summed E-state index contributed by atoms with van der Waals surface area (Å²) in [5, 5.41) is 41.9. The van der Waals surface area contributed by atoms with Gasteiger partial charge in [-0.3, -0.25) is 116 Å². The lowest BCUT2D eigenvalue weighted by Crippen LogP contribution is -2.64. The maximum atomic E-state index is 13.7. The van der Waals surface area contributed by atoms with E-state index in [2.05, 4.69) is 31.9 Å². The first-order valence-corrected chi connectivity index (χ1v) is 43.3. The highest BCUT2D eigenvalue weighted by Gasteiger charge is 2.52. The Kier molecular flexibility index (Phi) is 33.3. The van der Waals surface area contributed by atoms with Crippen LogP contribution in [-0.4, -0.2) is 285 Å². The molecule has 0 radical (unpaired) electrons. The lowest BCUT2D eigenvalue weighted by molar-refractivity contribution is -0.188. The molecule has 14 amide bonds. The number of hydrogen-bond acceptors (Lipinski definition) is 26. The molecule has 9 aliphatic heterocycles. The zero-order valence-corrected chi connectivity index (χ0v) is 72.7. The van der Waals surface area contributed by atoms with Crippen LogP contribution in [0.5, 0.6) is 0 Å². The van der Waals surface area contributed by atoms with Gasteiger partial charge in [-0.2, -0.15) is 0 Å². The van der Waals surface area contributed by atoms with Gasteiger partial charge in [-0.1, -0.05) is 152 Å². The molecular formula is C91H100N14O28. The summed E-state index contributed by atoms with van der Waals surface area (Å²) in [6, 6.07) is 29.6. The fourth-order valence-corrected chi connectivity index (χ4v) is 16.2. The predicted molar refractivity (Wildman–Crippen MR) is 455 cm³/mol. The van der Waals surface area contributed by atoms with Crippen LogP contribution in [0.3, 0.4) is 0 Å². The van der Waals surface area contributed by atoms with Crippen LogP contribution in [-0.2, 0) is 112 Å². The smallest absolute Gasteiger partial charge is 0.331 e. The first kappa shape index (κ1) is 98.5. The van der Waals surface area contributed by atoms with Gasteiger partial charge in [0.25, 0.3) is 47.3 Å². The zero-order chi connectivity index (χ0) is 96.1. The number of fused-ring (bicyclic) bond motifs is 4. The summed E-state index contributed by atoms with van der Waals surface area (Å²) in [5.41, 5.74) is 0.770. The van der Waals surface area contributed by atoms with Crippen molar-refractivity contribution in [3.63, 3.8) is 0 Å². The minimum atomic E-state index is -1.31. The van der Waals surface area contributed by atoms with E-state index in [4.69, 9.17) is 19.3 Å². The summed E-state index contributed by atoms with van der Waals surface area (Å²) in [5.74, 6) is -16.4. The first-order valence-electron chi connectivity index (χ1n) is 43.3. The van der Waals surface area contributed by atoms with Crippen molar-refractivity contribution in [2.45, 2.75) is 215 Å². The third-order valence-corrected chi connectivity index (χ3v) is 22.6. The van der Waals surface area contributed by atoms with Crippen molar-refractivity contribution >= 4 is 136 Å². The Morgan fingerprint density at radius 2 is 0.722 bits per heavy atom. The molecule has 14 rings (SSSR count). The Balaban J connectivity index is 0.000000173. The van der Waals surface area contributed by atoms with E-state index in [0.29, 0.717) is 38.6 Å². The summed E-state index contributed by atoms with van der Waals surface area (Å²) >= 11 is 0. The Morgan fingerprint density at radius 3 is 1.05 bits per heavy atom. The number of Topliss-reactive ketones (excluding diaryl/α,β-unsaturated/α-hetero) is 4. The summed E-state index contributed by atoms with van der Waals surface area (Å²) in [4.78, 5) is 288. The summed E-state index contributed by atoms with van der Waals surface area (Å²) in [7, 11) is 0. The summed E-state index contributed by atoms with van der Waals surface area (Å²) in [6.45, 7) is 6.27. The number of nitrogens with one attached hydrogen (secondary N) is 6. The molecule has 9 aliphatic rings. The van der Waals surface area contributed by atoms with Gasteiger partial charge in [0.15, 0.2) is 12.1 Å². The highest BCUT2D eigenvalue weighted by atomic mass is 16.7. The number of aliphatic carboxylic acids is 2. The molecule has 0 saturated carbocycles. The van der Waals surface area contributed by atoms with E-state index in [-0.39, 0.29) is 150 Å². The standard InChI is InChI=1S/C29H30N4O8.C22H24N4O8.C22H27N3O6.C18H19N3O6/c34-23-14-13-20(30-27(38)25(36)19-10-5-2-6-11-19)28(39)33-22(12-7-15-32(23)33)26(37)31-21-16-24(35)41-29(21)40-17-18-8-3-1-4-9-18;27-12-14(11-18(29)30)23-20(32)16-7-4-10-25-17(28)9-8-15(22(34)26(16)25)24-21(33)19(31)13-5-2-1-3-6-13;1-22(2,3)31-21(30)16-10-7-13-24-17(26)12-11-15(20(29)25(16)24)23-19(28)18(27)14-8-5-4-6-9-14;22-14-9-8-12(19-16(24)15(23)11-5-2-1-3-6-11)17(25)21-13(18(26)27)7-4-10-20(14)21/h1-6,8-11,20-22,29H,7,12-17H2,(H,30,38)(H,31,37);1-3,5-6,12,14-16H,4,7-11H2,(H,23,32)(H,24,33)(H,29,30);4-6,8-9,15-16H,7,10-13H2,1-3H3,(H,23,28);1-3,5-6,12-13H,4,7-10H2,(H,19,24)(H,26,27)/t20-,21-,22-,29?;14-,15-,16-;15-,16-;12-,13-/m0000/s1. The van der Waals surface area contributed by atoms with Gasteiger partial charge in [-0.15, -0.1) is 0 Å². The molecule has 0 bridgehead atoms. The first-order chi connectivity index (χ1) is 63.5. The Morgan fingerprint density at radius 1 is 0.414 bits per heavy atom. The Hall–Kier alpha value is -15.1. The fourth-order valence-electron chi connectivity index (χ4n) is 16.2. The van der Waals surface area contributed by atoms with Crippen molar-refractivity contribution in [1.82, 2.24) is 72.0 Å². The molecule has 9 heterocycles. The molecule has 702 valence electrons. The van der Waals surface area contributed by atoms with Gasteiger partial charge in [0.05, 0.1) is 25.5 Å². The lowest BCUT2D eigenvalue weighted by atomic mass is 10.0. The number of carbonyl (C=O) groups excluding carboxylic acids is 21. The van der Waals surface area contributed by atoms with Crippen LogP contribution in [0, 0.1) is 0 Å². The van der Waals surface area contributed by atoms with Crippen molar-refractivity contribution < 1.29 is 135 Å². The third kappa shape index (κ3) is 24.9. The minimum absolute atomic E-state index is 0.00478. The van der Waals surface area contributed by atoms with Crippen molar-refractivity contribution in [3.05, 3.63) is 179 Å². The molecule has 0 aromatic heterocycles. The summed E-state index contributed by atoms with van der Waals surface area (Å²) in [6.07, 6.45) is 1.11. The molecule has 1 unspecified atom stereocenters. The molecule has 11 atom stereocenters. The van der Waals surface area contributed by atoms with Crippen molar-refractivity contribution in [1.29, 1.82) is 0 Å². The number of benzene rings is 5. The van der Waals surface area contributed by atoms with Crippen molar-refractivity contribution in [2.24, 2.45) is 0 Å². The second-order valence-corrected chi connectivity index (χ2v) is 33.2. The van der Waals surface area contributed by atoms with E-state index < -0.39 is 191 Å². The fraction of sp³-hybridized carbons (Fsp3) is 0.418. The normalized spacial score (nSPS) is 22.5. The van der Waals surface area contributed by atoms with E-state index in [0.717, 1.165) is 35.6 Å². The number of esters is 2. The van der Waals surface area contributed by atoms with Crippen LogP contribution in [0.2, 0.25) is 0 Å². The van der Waals surface area contributed by atoms with E-state index in [1.54, 1.807) is 93.6 Å². The highest BCUT2D eigenvalue weighted by molar-refractivity contribution is 6.45. The molecular weight excluding hydrogens is 1740 g/mol. The van der Waals surface area contributed by atoms with Gasteiger partial charge >= 0.3 is 23.9 Å². The number of carboxylic acids is 2. The number of ether oxygens (including phenoxy) is 3. The van der Waals surface area contributed by atoms with Crippen LogP contribution in [0.25, 0.3) is 0 Å². The molecule has 8 N–H and O–H groups in total. The van der Waals surface area contributed by atoms with Crippen molar-refractivity contribution in [3.8, 4) is 0 Å². The average molecular weight is 1840 g/mol. The molecule has 0 spiro atoms. The number of rotatable bonds is 24. The second-order valence-electron chi connectivity index (χ2n) is 33.2. The van der Waals surface area contributed by atoms with Crippen molar-refractivity contribution in [2.75, 3.05) is 26.2 Å². The van der Waals surface area contributed by atoms with Crippen LogP contribution < -0.4 is 31.9 Å². The van der Waals surface area contributed by atoms with Crippen LogP contribution in [0.1, 0.15) is 183 Å². The number of hydrazine groups is 4. The number of cyclic esters (lactones) is 1. The van der Waals surface area contributed by atoms with Gasteiger partial charge in [0.1, 0.15) is 54.2 Å². The molecule has 133 heavy (non-hydrogen) atoms. The van der Waals surface area contributed by atoms with E-state index in [1.807, 2.05) is 30.3 Å². The predicted octanol–water partition coefficient (Wildman–Crippen LogP) is 1.09. The quantitative estimate of drug-likeness (QED) is 0.0185. The monoisotopic (exact) mass is 1840 g/mol. The topological polar surface area (TPSA) is 559 Å². The number of nitrogens with zero attached hydrogens (tertiary/aromatic N) is 8. The highest BCUT2D eigenvalue weighted by Crippen LogP contribution is 2.32. The molecule has 5 aromatic carbocycles. The van der Waals surface area contributed by atoms with E-state index in [9.17, 15) is 115 Å². The lowest BCUT2D eigenvalue weighted by Gasteiger charge is -2.43. The molecule has 5 aromatic rings. The zero-order valence-electron chi connectivity index (χ0n) is 72.7.